The summed E-state index contributed by atoms with van der Waals surface area (Å²) in [6.45, 7) is 3.21. The van der Waals surface area contributed by atoms with E-state index in [1.807, 2.05) is 6.07 Å². The van der Waals surface area contributed by atoms with E-state index in [9.17, 15) is 9.18 Å². The number of halogens is 2. The SMILES string of the molecule is CC(=O)Nc1cc(CC(C)N=[N+]=[N-])cc(Nc2ncc3cc(Br)cc(F)c3n2)c1. The molecule has 148 valence electrons. The maximum atomic E-state index is 14.2. The Balaban J connectivity index is 1.95. The quantitative estimate of drug-likeness (QED) is 0.289. The van der Waals surface area contributed by atoms with Crippen molar-refractivity contribution in [2.45, 2.75) is 26.3 Å². The van der Waals surface area contributed by atoms with E-state index >= 15 is 0 Å². The van der Waals surface area contributed by atoms with Crippen LogP contribution in [0.25, 0.3) is 21.3 Å². The van der Waals surface area contributed by atoms with Gasteiger partial charge in [-0.05, 0) is 47.8 Å². The van der Waals surface area contributed by atoms with Gasteiger partial charge in [-0.2, -0.15) is 0 Å². The number of nitrogens with one attached hydrogen (secondary N) is 2. The minimum Gasteiger partial charge on any atom is -0.326 e. The highest BCUT2D eigenvalue weighted by Crippen LogP contribution is 2.25. The average Bonchev–Trinajstić information content (AvgIpc) is 2.61. The monoisotopic (exact) mass is 457 g/mol. The van der Waals surface area contributed by atoms with Gasteiger partial charge in [0.1, 0.15) is 5.52 Å². The first kappa shape index (κ1) is 20.5. The van der Waals surface area contributed by atoms with Crippen molar-refractivity contribution in [3.8, 4) is 0 Å². The lowest BCUT2D eigenvalue weighted by molar-refractivity contribution is -0.114. The van der Waals surface area contributed by atoms with E-state index in [4.69, 9.17) is 5.53 Å². The van der Waals surface area contributed by atoms with Crippen molar-refractivity contribution >= 4 is 50.1 Å². The van der Waals surface area contributed by atoms with Crippen LogP contribution in [0.15, 0.2) is 46.1 Å². The molecule has 0 saturated carbocycles. The Morgan fingerprint density at radius 2 is 2.07 bits per heavy atom. The summed E-state index contributed by atoms with van der Waals surface area (Å²) in [5.74, 6) is -0.464. The number of azide groups is 1. The molecule has 1 aromatic heterocycles. The molecule has 0 bridgehead atoms. The number of carbonyl (C=O) groups is 1. The van der Waals surface area contributed by atoms with Crippen molar-refractivity contribution in [3.05, 3.63) is 62.8 Å². The summed E-state index contributed by atoms with van der Waals surface area (Å²) in [6.07, 6.45) is 2.01. The van der Waals surface area contributed by atoms with Gasteiger partial charge in [-0.15, -0.1) is 0 Å². The summed E-state index contributed by atoms with van der Waals surface area (Å²) in [4.78, 5) is 22.8. The summed E-state index contributed by atoms with van der Waals surface area (Å²) >= 11 is 3.25. The first-order chi connectivity index (χ1) is 13.8. The molecule has 1 heterocycles. The number of rotatable bonds is 6. The Morgan fingerprint density at radius 3 is 2.79 bits per heavy atom. The predicted octanol–water partition coefficient (Wildman–Crippen LogP) is 5.47. The van der Waals surface area contributed by atoms with E-state index in [1.54, 1.807) is 25.1 Å². The molecule has 3 aromatic rings. The van der Waals surface area contributed by atoms with E-state index in [0.717, 1.165) is 5.56 Å². The van der Waals surface area contributed by atoms with Gasteiger partial charge in [0, 0.05) is 45.3 Å². The summed E-state index contributed by atoms with van der Waals surface area (Å²) in [5, 5.41) is 10.0. The van der Waals surface area contributed by atoms with E-state index in [2.05, 4.69) is 46.6 Å². The van der Waals surface area contributed by atoms with Crippen LogP contribution in [0.4, 0.5) is 21.7 Å². The number of amides is 1. The van der Waals surface area contributed by atoms with Gasteiger partial charge >= 0.3 is 0 Å². The predicted molar refractivity (Wildman–Crippen MR) is 114 cm³/mol. The van der Waals surface area contributed by atoms with E-state index in [0.29, 0.717) is 27.7 Å². The Morgan fingerprint density at radius 1 is 1.31 bits per heavy atom. The summed E-state index contributed by atoms with van der Waals surface area (Å²) in [7, 11) is 0. The first-order valence-electron chi connectivity index (χ1n) is 8.68. The fourth-order valence-electron chi connectivity index (χ4n) is 2.88. The van der Waals surface area contributed by atoms with Crippen molar-refractivity contribution in [3.63, 3.8) is 0 Å². The third-order valence-electron chi connectivity index (χ3n) is 3.95. The fraction of sp³-hybridized carbons (Fsp3) is 0.211. The lowest BCUT2D eigenvalue weighted by Crippen LogP contribution is -2.08. The van der Waals surface area contributed by atoms with E-state index < -0.39 is 5.82 Å². The van der Waals surface area contributed by atoms with Gasteiger partial charge in [0.2, 0.25) is 11.9 Å². The number of aromatic nitrogens is 2. The first-order valence-corrected chi connectivity index (χ1v) is 9.48. The van der Waals surface area contributed by atoms with Crippen LogP contribution >= 0.6 is 15.9 Å². The van der Waals surface area contributed by atoms with E-state index in [-0.39, 0.29) is 23.4 Å². The number of anilines is 3. The molecule has 1 unspecified atom stereocenters. The fourth-order valence-corrected chi connectivity index (χ4v) is 3.33. The minimum atomic E-state index is -0.462. The number of carbonyl (C=O) groups excluding carboxylic acids is 1. The Bertz CT molecular complexity index is 1130. The molecule has 0 aliphatic carbocycles. The van der Waals surface area contributed by atoms with Gasteiger partial charge in [0.15, 0.2) is 5.82 Å². The zero-order valence-electron chi connectivity index (χ0n) is 15.6. The van der Waals surface area contributed by atoms with Gasteiger partial charge in [-0.3, -0.25) is 4.79 Å². The van der Waals surface area contributed by atoms with Crippen LogP contribution in [0.2, 0.25) is 0 Å². The summed E-state index contributed by atoms with van der Waals surface area (Å²) in [5.41, 5.74) is 10.8. The van der Waals surface area contributed by atoms with Crippen LogP contribution in [0, 0.1) is 5.82 Å². The molecule has 0 radical (unpaired) electrons. The summed E-state index contributed by atoms with van der Waals surface area (Å²) in [6, 6.07) is 8.16. The normalized spacial score (nSPS) is 11.6. The van der Waals surface area contributed by atoms with Gasteiger partial charge in [-0.25, -0.2) is 14.4 Å². The number of nitrogens with zero attached hydrogens (tertiary/aromatic N) is 5. The van der Waals surface area contributed by atoms with Gasteiger partial charge in [0.05, 0.1) is 0 Å². The molecule has 0 saturated heterocycles. The van der Waals surface area contributed by atoms with Crippen LogP contribution in [-0.4, -0.2) is 21.9 Å². The molecule has 0 aliphatic heterocycles. The molecule has 8 nitrogen and oxygen atoms in total. The van der Waals surface area contributed by atoms with Crippen molar-refractivity contribution in [1.82, 2.24) is 9.97 Å². The van der Waals surface area contributed by atoms with Gasteiger partial charge in [0.25, 0.3) is 0 Å². The molecule has 1 amide bonds. The molecule has 2 aromatic carbocycles. The molecule has 2 N–H and O–H groups in total. The van der Waals surface area contributed by atoms with Crippen LogP contribution in [0.5, 0.6) is 0 Å². The second-order valence-corrected chi connectivity index (χ2v) is 7.42. The van der Waals surface area contributed by atoms with E-state index in [1.165, 1.54) is 19.2 Å². The second-order valence-electron chi connectivity index (χ2n) is 6.50. The minimum absolute atomic E-state index is 0.195. The van der Waals surface area contributed by atoms with Crippen molar-refractivity contribution in [2.24, 2.45) is 5.11 Å². The highest BCUT2D eigenvalue weighted by Gasteiger charge is 2.10. The molecule has 29 heavy (non-hydrogen) atoms. The smallest absolute Gasteiger partial charge is 0.227 e. The van der Waals surface area contributed by atoms with Crippen LogP contribution in [0.1, 0.15) is 19.4 Å². The molecular formula is C19H17BrFN7O. The molecule has 1 atom stereocenters. The van der Waals surface area contributed by atoms with Crippen molar-refractivity contribution < 1.29 is 9.18 Å². The lowest BCUT2D eigenvalue weighted by Gasteiger charge is -2.13. The van der Waals surface area contributed by atoms with Gasteiger partial charge < -0.3 is 10.6 Å². The zero-order chi connectivity index (χ0) is 21.0. The maximum absolute atomic E-state index is 14.2. The van der Waals surface area contributed by atoms with Gasteiger partial charge in [-0.1, -0.05) is 28.0 Å². The number of hydrogen-bond donors (Lipinski definition) is 2. The van der Waals surface area contributed by atoms with Crippen LogP contribution in [0.3, 0.4) is 0 Å². The topological polar surface area (TPSA) is 116 Å². The van der Waals surface area contributed by atoms with Crippen molar-refractivity contribution in [1.29, 1.82) is 0 Å². The molecule has 3 rings (SSSR count). The average molecular weight is 458 g/mol. The Kier molecular flexibility index (Phi) is 6.26. The molecule has 0 spiro atoms. The third-order valence-corrected chi connectivity index (χ3v) is 4.41. The third kappa shape index (κ3) is 5.40. The van der Waals surface area contributed by atoms with Crippen molar-refractivity contribution in [2.75, 3.05) is 10.6 Å². The number of hydrogen-bond acceptors (Lipinski definition) is 5. The standard InChI is InChI=1S/C19H17BrFN7O/c1-10(27-28-22)3-12-4-15(24-11(2)29)8-16(5-12)25-19-23-9-13-6-14(20)7-17(21)18(13)26-19/h4-10H,3H2,1-2H3,(H,24,29)(H,23,25,26). The molecule has 0 fully saturated rings. The zero-order valence-corrected chi connectivity index (χ0v) is 17.2. The number of fused-ring (bicyclic) bond motifs is 1. The largest absolute Gasteiger partial charge is 0.326 e. The summed E-state index contributed by atoms with van der Waals surface area (Å²) < 4.78 is 14.8. The lowest BCUT2D eigenvalue weighted by atomic mass is 10.1. The Labute approximate surface area is 174 Å². The van der Waals surface area contributed by atoms with Crippen LogP contribution < -0.4 is 10.6 Å². The second kappa shape index (κ2) is 8.85. The number of benzene rings is 2. The molecule has 10 heteroatoms. The maximum Gasteiger partial charge on any atom is 0.227 e. The Hall–Kier alpha value is -3.23. The van der Waals surface area contributed by atoms with Crippen LogP contribution in [-0.2, 0) is 11.2 Å². The highest BCUT2D eigenvalue weighted by atomic mass is 79.9. The molecular weight excluding hydrogens is 441 g/mol. The molecule has 0 aliphatic rings. The highest BCUT2D eigenvalue weighted by molar-refractivity contribution is 9.10.